The molecular formula is AlSi3. The normalized spacial score (nSPS) is 0. The van der Waals surface area contributed by atoms with E-state index in [1.165, 1.54) is 0 Å². The van der Waals surface area contributed by atoms with Crippen LogP contribution in [0.4, 0.5) is 0 Å². The summed E-state index contributed by atoms with van der Waals surface area (Å²) in [6.45, 7) is 0. The summed E-state index contributed by atoms with van der Waals surface area (Å²) in [5.41, 5.74) is 0. The van der Waals surface area contributed by atoms with Crippen LogP contribution in [0.15, 0.2) is 0 Å². The summed E-state index contributed by atoms with van der Waals surface area (Å²) in [6.07, 6.45) is 0. The molecule has 0 heterocycles. The van der Waals surface area contributed by atoms with E-state index in [1.807, 2.05) is 0 Å². The Balaban J connectivity index is 0. The molecule has 15 radical (unpaired) electrons. The van der Waals surface area contributed by atoms with E-state index in [0.717, 1.165) is 0 Å². The van der Waals surface area contributed by atoms with Gasteiger partial charge in [-0.2, -0.15) is 0 Å². The highest BCUT2D eigenvalue weighted by molar-refractivity contribution is 5.76. The van der Waals surface area contributed by atoms with Gasteiger partial charge in [0.05, 0.1) is 0 Å². The van der Waals surface area contributed by atoms with E-state index in [-0.39, 0.29) is 50.3 Å². The fourth-order valence-electron chi connectivity index (χ4n) is 0. The Bertz CT molecular complexity index is 3.25. The summed E-state index contributed by atoms with van der Waals surface area (Å²) in [7, 11) is 0. The van der Waals surface area contributed by atoms with Gasteiger partial charge in [0, 0.05) is 50.3 Å². The van der Waals surface area contributed by atoms with Crippen LogP contribution in [0.5, 0.6) is 0 Å². The van der Waals surface area contributed by atoms with Crippen LogP contribution in [-0.4, -0.2) is 50.3 Å². The van der Waals surface area contributed by atoms with Crippen molar-refractivity contribution in [3.63, 3.8) is 0 Å². The molecule has 4 heteroatoms. The molecule has 0 N–H and O–H groups in total. The van der Waals surface area contributed by atoms with E-state index in [0.29, 0.717) is 0 Å². The predicted molar refractivity (Wildman–Crippen MR) is 23.0 cm³/mol. The minimum atomic E-state index is 0. The molecule has 0 amide bonds. The molecule has 0 rings (SSSR count). The third kappa shape index (κ3) is 10.8. The van der Waals surface area contributed by atoms with Gasteiger partial charge in [-0.3, -0.25) is 0 Å². The first-order chi connectivity index (χ1) is 0. The lowest BCUT2D eigenvalue weighted by Crippen LogP contribution is -0.382. The van der Waals surface area contributed by atoms with Gasteiger partial charge in [0.2, 0.25) is 0 Å². The Morgan fingerprint density at radius 2 is 0.500 bits per heavy atom. The Labute approximate surface area is 50.6 Å². The lowest BCUT2D eigenvalue weighted by molar-refractivity contribution is 5.75. The highest BCUT2D eigenvalue weighted by atomic mass is 28.1. The van der Waals surface area contributed by atoms with Crippen molar-refractivity contribution in [2.75, 3.05) is 0 Å². The number of hydrogen-bond donors (Lipinski definition) is 0. The van der Waals surface area contributed by atoms with Gasteiger partial charge < -0.3 is 0 Å². The lowest BCUT2D eigenvalue weighted by atomic mass is 27.0. The number of rotatable bonds is 0. The van der Waals surface area contributed by atoms with Crippen LogP contribution in [-0.2, 0) is 0 Å². The van der Waals surface area contributed by atoms with Crippen LogP contribution in [0.1, 0.15) is 0 Å². The van der Waals surface area contributed by atoms with Crippen molar-refractivity contribution in [2.24, 2.45) is 0 Å². The summed E-state index contributed by atoms with van der Waals surface area (Å²) in [6, 6.07) is 0. The van der Waals surface area contributed by atoms with Gasteiger partial charge in [-0.05, 0) is 0 Å². The summed E-state index contributed by atoms with van der Waals surface area (Å²) >= 11 is 0. The maximum atomic E-state index is 0. The Morgan fingerprint density at radius 1 is 0.500 bits per heavy atom. The van der Waals surface area contributed by atoms with Crippen molar-refractivity contribution in [1.29, 1.82) is 0 Å². The van der Waals surface area contributed by atoms with E-state index < -0.39 is 0 Å². The monoisotopic (exact) mass is 111 g/mol. The molecule has 0 aromatic rings. The van der Waals surface area contributed by atoms with Crippen molar-refractivity contribution in [2.45, 2.75) is 0 Å². The first-order valence-corrected chi connectivity index (χ1v) is 0. The molecule has 0 aliphatic carbocycles. The Kier molecular flexibility index (Phi) is 490. The molecule has 0 aromatic carbocycles. The minimum absolute atomic E-state index is 0. The summed E-state index contributed by atoms with van der Waals surface area (Å²) in [5, 5.41) is 0. The molecule has 0 spiro atoms. The second kappa shape index (κ2) is 30.3. The lowest BCUT2D eigenvalue weighted by Gasteiger charge is -0.00100. The molecule has 0 saturated heterocycles. The van der Waals surface area contributed by atoms with Crippen LogP contribution in [0.3, 0.4) is 0 Å². The SMILES string of the molecule is [Al].[Si].[Si].[Si]. The average molecular weight is 111 g/mol. The zero-order chi connectivity index (χ0) is 0. The maximum absolute atomic E-state index is 0. The Hall–Kier alpha value is 1.18. The van der Waals surface area contributed by atoms with Crippen molar-refractivity contribution in [1.82, 2.24) is 0 Å². The molecule has 0 fully saturated rings. The van der Waals surface area contributed by atoms with Crippen LogP contribution in [0, 0.1) is 0 Å². The van der Waals surface area contributed by atoms with Crippen LogP contribution >= 0.6 is 0 Å². The standard InChI is InChI=1S/Al.3Si. The molecule has 4 heavy (non-hydrogen) atoms. The molecule has 0 atom stereocenters. The first-order valence-electron chi connectivity index (χ1n) is 0. The Morgan fingerprint density at radius 3 is 0.500 bits per heavy atom. The molecule has 0 aliphatic heterocycles. The van der Waals surface area contributed by atoms with E-state index in [2.05, 4.69) is 0 Å². The largest absolute Gasteiger partial charge is 0 e. The van der Waals surface area contributed by atoms with Gasteiger partial charge >= 0.3 is 0 Å². The molecule has 0 aromatic heterocycles. The smallest absolute Gasteiger partial charge is 0 e. The van der Waals surface area contributed by atoms with Crippen molar-refractivity contribution in [3.8, 4) is 0 Å². The van der Waals surface area contributed by atoms with Gasteiger partial charge in [0.25, 0.3) is 0 Å². The predicted octanol–water partition coefficient (Wildman–Crippen LogP) is -1.52. The topological polar surface area (TPSA) is 0 Å². The van der Waals surface area contributed by atoms with Crippen molar-refractivity contribution in [3.05, 3.63) is 0 Å². The van der Waals surface area contributed by atoms with Gasteiger partial charge in [-0.25, -0.2) is 0 Å². The highest BCUT2D eigenvalue weighted by Gasteiger charge is 0.00300. The van der Waals surface area contributed by atoms with Gasteiger partial charge in [-0.1, -0.05) is 0 Å². The quantitative estimate of drug-likeness (QED) is 0.333. The van der Waals surface area contributed by atoms with E-state index >= 15 is 0 Å². The fourth-order valence-corrected chi connectivity index (χ4v) is 0. The van der Waals surface area contributed by atoms with Crippen molar-refractivity contribution < 1.29 is 0 Å². The molecule has 15 valence electrons. The zero-order valence-corrected chi connectivity index (χ0v) is 6.23. The van der Waals surface area contributed by atoms with E-state index in [9.17, 15) is 0 Å². The fraction of sp³-hybridized carbons (Fsp3) is 0. The molecule has 0 saturated carbocycles. The molecule has 0 bridgehead atoms. The average Bonchev–Trinajstić information content (AvgIpc) is 0. The third-order valence-corrected chi connectivity index (χ3v) is 0. The molecular weight excluding hydrogens is 111 g/mol. The second-order valence-electron chi connectivity index (χ2n) is 0. The zero-order valence-electron chi connectivity index (χ0n) is 2.08. The van der Waals surface area contributed by atoms with Crippen molar-refractivity contribution >= 4 is 50.3 Å². The highest BCUT2D eigenvalue weighted by Crippen LogP contribution is -0.378. The molecule has 0 unspecified atom stereocenters. The molecule has 0 aliphatic rings. The summed E-state index contributed by atoms with van der Waals surface area (Å²) in [4.78, 5) is 0. The van der Waals surface area contributed by atoms with E-state index in [1.54, 1.807) is 0 Å². The maximum Gasteiger partial charge on any atom is 0 e. The summed E-state index contributed by atoms with van der Waals surface area (Å²) < 4.78 is 0. The number of hydrogen-bond acceptors (Lipinski definition) is 0. The van der Waals surface area contributed by atoms with Gasteiger partial charge in [0.1, 0.15) is 0 Å². The van der Waals surface area contributed by atoms with Crippen LogP contribution < -0.4 is 0 Å². The molecule has 0 nitrogen and oxygen atoms in total. The third-order valence-electron chi connectivity index (χ3n) is 0. The summed E-state index contributed by atoms with van der Waals surface area (Å²) in [5.74, 6) is 0. The minimum Gasteiger partial charge on any atom is 0 e. The van der Waals surface area contributed by atoms with Gasteiger partial charge in [-0.15, -0.1) is 0 Å². The van der Waals surface area contributed by atoms with E-state index in [4.69, 9.17) is 0 Å². The first kappa shape index (κ1) is 64.8. The van der Waals surface area contributed by atoms with Crippen LogP contribution in [0.25, 0.3) is 0 Å². The van der Waals surface area contributed by atoms with Gasteiger partial charge in [0.15, 0.2) is 0 Å². The van der Waals surface area contributed by atoms with Crippen LogP contribution in [0.2, 0.25) is 0 Å². The second-order valence-corrected chi connectivity index (χ2v) is 0.